The van der Waals surface area contributed by atoms with Gasteiger partial charge in [-0.05, 0) is 82.7 Å². The Labute approximate surface area is 326 Å². The Morgan fingerprint density at radius 1 is 0.509 bits per heavy atom. The summed E-state index contributed by atoms with van der Waals surface area (Å²) in [5.74, 6) is 1.75. The molecule has 0 fully saturated rings. The van der Waals surface area contributed by atoms with Gasteiger partial charge in [0.05, 0.1) is 21.2 Å². The molecule has 4 nitrogen and oxygen atoms in total. The van der Waals surface area contributed by atoms with E-state index in [2.05, 4.69) is 167 Å². The van der Waals surface area contributed by atoms with Gasteiger partial charge in [-0.15, -0.1) is 0 Å². The molecule has 4 aliphatic heterocycles. The first-order valence-electron chi connectivity index (χ1n) is 18.5. The van der Waals surface area contributed by atoms with Crippen LogP contribution in [-0.4, -0.2) is 6.85 Å². The Morgan fingerprint density at radius 2 is 1.25 bits per heavy atom. The third kappa shape index (κ3) is 4.17. The zero-order chi connectivity index (χ0) is 35.8. The average molecular weight is 739 g/mol. The van der Waals surface area contributed by atoms with E-state index in [0.717, 1.165) is 65.7 Å². The average Bonchev–Trinajstić information content (AvgIpc) is 3.62. The number of furan rings is 1. The van der Waals surface area contributed by atoms with Gasteiger partial charge in [-0.3, -0.25) is 0 Å². The molecule has 1 aromatic heterocycles. The van der Waals surface area contributed by atoms with Gasteiger partial charge >= 0.3 is 6.85 Å². The van der Waals surface area contributed by atoms with Crippen molar-refractivity contribution in [1.82, 2.24) is 0 Å². The molecule has 5 heterocycles. The van der Waals surface area contributed by atoms with E-state index in [1.165, 1.54) is 48.9 Å². The molecule has 0 aliphatic carbocycles. The molecular formula is C48H27BN2O2S2. The number of para-hydroxylation sites is 4. The number of nitrogens with zero attached hydrogens (tertiary/aromatic N) is 2. The van der Waals surface area contributed by atoms with Crippen molar-refractivity contribution < 1.29 is 9.15 Å². The van der Waals surface area contributed by atoms with Crippen molar-refractivity contribution in [2.45, 2.75) is 19.6 Å². The largest absolute Gasteiger partial charge is 0.455 e. The van der Waals surface area contributed by atoms with Crippen LogP contribution in [0.25, 0.3) is 44.2 Å². The molecule has 0 spiro atoms. The molecule has 0 atom stereocenters. The fourth-order valence-corrected chi connectivity index (χ4v) is 11.2. The molecule has 0 saturated heterocycles. The van der Waals surface area contributed by atoms with Crippen LogP contribution in [0.1, 0.15) is 0 Å². The summed E-state index contributed by atoms with van der Waals surface area (Å²) in [6.07, 6.45) is 0. The number of hydrogen-bond donors (Lipinski definition) is 0. The minimum absolute atomic E-state index is 0.142. The van der Waals surface area contributed by atoms with Gasteiger partial charge in [0.1, 0.15) is 22.7 Å². The van der Waals surface area contributed by atoms with E-state index in [1.54, 1.807) is 11.8 Å². The maximum Gasteiger partial charge on any atom is 0.333 e. The molecule has 9 aromatic rings. The van der Waals surface area contributed by atoms with E-state index >= 15 is 0 Å². The second-order valence-electron chi connectivity index (χ2n) is 14.4. The summed E-state index contributed by atoms with van der Waals surface area (Å²) in [5, 5.41) is 2.25. The molecule has 0 radical (unpaired) electrons. The first-order chi connectivity index (χ1) is 27.3. The van der Waals surface area contributed by atoms with Crippen molar-refractivity contribution in [1.29, 1.82) is 0 Å². The smallest absolute Gasteiger partial charge is 0.333 e. The second kappa shape index (κ2) is 11.1. The minimum Gasteiger partial charge on any atom is -0.455 e. The van der Waals surface area contributed by atoms with Crippen molar-refractivity contribution in [3.8, 4) is 33.8 Å². The lowest BCUT2D eigenvalue weighted by Gasteiger charge is -2.47. The monoisotopic (exact) mass is 738 g/mol. The molecule has 7 heteroatoms. The summed E-state index contributed by atoms with van der Waals surface area (Å²) < 4.78 is 13.7. The van der Waals surface area contributed by atoms with Crippen LogP contribution >= 0.6 is 23.5 Å². The Hall–Kier alpha value is -6.28. The van der Waals surface area contributed by atoms with Crippen LogP contribution in [0.15, 0.2) is 188 Å². The summed E-state index contributed by atoms with van der Waals surface area (Å²) in [5.41, 5.74) is 14.9. The molecular weight excluding hydrogens is 711 g/mol. The van der Waals surface area contributed by atoms with E-state index in [0.29, 0.717) is 0 Å². The summed E-state index contributed by atoms with van der Waals surface area (Å²) in [6.45, 7) is -0.142. The van der Waals surface area contributed by atoms with Crippen molar-refractivity contribution in [2.75, 3.05) is 9.71 Å². The van der Waals surface area contributed by atoms with Gasteiger partial charge in [0.25, 0.3) is 0 Å². The zero-order valence-electron chi connectivity index (χ0n) is 29.2. The Bertz CT molecular complexity index is 3110. The fraction of sp³-hybridized carbons (Fsp3) is 0. The lowest BCUT2D eigenvalue weighted by molar-refractivity contribution is 0.455. The highest BCUT2D eigenvalue weighted by Gasteiger charge is 2.48. The predicted octanol–water partition coefficient (Wildman–Crippen LogP) is 12.7. The molecule has 8 aromatic carbocycles. The van der Waals surface area contributed by atoms with Gasteiger partial charge in [-0.2, -0.15) is 0 Å². The van der Waals surface area contributed by atoms with E-state index in [1.807, 2.05) is 17.8 Å². The van der Waals surface area contributed by atoms with E-state index in [-0.39, 0.29) is 6.85 Å². The van der Waals surface area contributed by atoms with Gasteiger partial charge in [-0.25, -0.2) is 0 Å². The highest BCUT2D eigenvalue weighted by molar-refractivity contribution is 8.00. The van der Waals surface area contributed by atoms with Gasteiger partial charge in [-0.1, -0.05) is 121 Å². The molecule has 256 valence electrons. The first-order valence-corrected chi connectivity index (χ1v) is 20.2. The van der Waals surface area contributed by atoms with Gasteiger partial charge in [0, 0.05) is 54.8 Å². The normalized spacial score (nSPS) is 14.1. The molecule has 13 rings (SSSR count). The van der Waals surface area contributed by atoms with E-state index < -0.39 is 0 Å². The van der Waals surface area contributed by atoms with Gasteiger partial charge in [0.2, 0.25) is 0 Å². The maximum atomic E-state index is 6.97. The summed E-state index contributed by atoms with van der Waals surface area (Å²) in [6, 6.07) is 59.2. The molecule has 0 unspecified atom stereocenters. The van der Waals surface area contributed by atoms with Crippen LogP contribution in [0.2, 0.25) is 0 Å². The minimum atomic E-state index is -0.142. The Morgan fingerprint density at radius 3 is 2.16 bits per heavy atom. The number of rotatable bonds is 2. The third-order valence-electron chi connectivity index (χ3n) is 11.5. The van der Waals surface area contributed by atoms with Gasteiger partial charge in [0.15, 0.2) is 0 Å². The van der Waals surface area contributed by atoms with Crippen molar-refractivity contribution in [3.05, 3.63) is 164 Å². The van der Waals surface area contributed by atoms with Crippen LogP contribution in [0.3, 0.4) is 0 Å². The van der Waals surface area contributed by atoms with E-state index in [9.17, 15) is 0 Å². The van der Waals surface area contributed by atoms with Gasteiger partial charge < -0.3 is 18.9 Å². The number of hydrogen-bond acceptors (Lipinski definition) is 6. The number of benzene rings is 8. The van der Waals surface area contributed by atoms with Crippen molar-refractivity contribution in [3.63, 3.8) is 0 Å². The Kier molecular flexibility index (Phi) is 6.09. The maximum absolute atomic E-state index is 6.97. The van der Waals surface area contributed by atoms with Crippen molar-refractivity contribution in [2.24, 2.45) is 0 Å². The van der Waals surface area contributed by atoms with E-state index in [4.69, 9.17) is 9.15 Å². The molecule has 0 amide bonds. The Balaban J connectivity index is 1.16. The second-order valence-corrected chi connectivity index (χ2v) is 16.6. The molecule has 55 heavy (non-hydrogen) atoms. The third-order valence-corrected chi connectivity index (χ3v) is 13.7. The lowest BCUT2D eigenvalue weighted by atomic mass is 9.43. The highest BCUT2D eigenvalue weighted by atomic mass is 32.2. The highest BCUT2D eigenvalue weighted by Crippen LogP contribution is 2.58. The van der Waals surface area contributed by atoms with Crippen molar-refractivity contribution >= 4 is 91.7 Å². The first kappa shape index (κ1) is 30.1. The summed E-state index contributed by atoms with van der Waals surface area (Å²) in [7, 11) is 0. The van der Waals surface area contributed by atoms with Crippen LogP contribution in [-0.2, 0) is 0 Å². The quantitative estimate of drug-likeness (QED) is 0.164. The SMILES string of the molecule is c1ccc(-c2ccc(N3B4c5cccc6c5N(c5ccccc5S6)c5cc6c(oc7ccccc76)c(c54)-c4cc5c(cc43)Oc3ccccc3S5)cc2)cc1. The standard InChI is InChI=1S/C48H27BN2O2S2/c1-2-11-28(12-3-1)29-21-23-30(24-22-29)51-36-27-40-44(55-42-19-9-7-17-39(42)52-40)26-33(36)45-46-37(25-32-31-13-4-6-16-38(31)53-48(32)45)50-35-15-5-8-18-41(35)54-43-20-10-14-34(47(43)50)49(46)51/h1-27H. The molecule has 0 N–H and O–H groups in total. The summed E-state index contributed by atoms with van der Waals surface area (Å²) in [4.78, 5) is 9.80. The molecule has 0 saturated carbocycles. The summed E-state index contributed by atoms with van der Waals surface area (Å²) >= 11 is 3.63. The van der Waals surface area contributed by atoms with Crippen LogP contribution < -0.4 is 25.4 Å². The number of anilines is 5. The predicted molar refractivity (Wildman–Crippen MR) is 228 cm³/mol. The van der Waals surface area contributed by atoms with Crippen LogP contribution in [0.4, 0.5) is 28.4 Å². The van der Waals surface area contributed by atoms with Crippen LogP contribution in [0.5, 0.6) is 11.5 Å². The zero-order valence-corrected chi connectivity index (χ0v) is 30.8. The molecule has 0 bridgehead atoms. The topological polar surface area (TPSA) is 28.9 Å². The van der Waals surface area contributed by atoms with Crippen LogP contribution in [0, 0.1) is 0 Å². The number of fused-ring (bicyclic) bond motifs is 12. The molecule has 4 aliphatic rings. The number of ether oxygens (including phenoxy) is 1. The fourth-order valence-electron chi connectivity index (χ4n) is 9.15. The lowest BCUT2D eigenvalue weighted by Crippen LogP contribution is -2.62.